The summed E-state index contributed by atoms with van der Waals surface area (Å²) >= 11 is 12.0. The van der Waals surface area contributed by atoms with Gasteiger partial charge in [-0.2, -0.15) is 0 Å². The van der Waals surface area contributed by atoms with Crippen molar-refractivity contribution in [2.24, 2.45) is 0 Å². The first kappa shape index (κ1) is 19.6. The van der Waals surface area contributed by atoms with Crippen LogP contribution in [0.3, 0.4) is 0 Å². The van der Waals surface area contributed by atoms with Crippen LogP contribution in [0.25, 0.3) is 11.0 Å². The van der Waals surface area contributed by atoms with Crippen LogP contribution in [0.15, 0.2) is 36.8 Å². The van der Waals surface area contributed by atoms with E-state index in [1.807, 2.05) is 13.0 Å². The topological polar surface area (TPSA) is 101 Å². The molecule has 1 aliphatic rings. The van der Waals surface area contributed by atoms with Gasteiger partial charge in [0.05, 0.1) is 5.69 Å². The molecule has 0 bridgehead atoms. The van der Waals surface area contributed by atoms with Crippen LogP contribution in [0.5, 0.6) is 0 Å². The van der Waals surface area contributed by atoms with Crippen molar-refractivity contribution in [2.75, 3.05) is 0 Å². The molecule has 2 aromatic heterocycles. The quantitative estimate of drug-likeness (QED) is 0.598. The Morgan fingerprint density at radius 1 is 1.21 bits per heavy atom. The van der Waals surface area contributed by atoms with Crippen molar-refractivity contribution in [1.29, 1.82) is 0 Å². The summed E-state index contributed by atoms with van der Waals surface area (Å²) in [7, 11) is 0. The maximum atomic E-state index is 10.9. The van der Waals surface area contributed by atoms with Crippen LogP contribution in [0.1, 0.15) is 30.5 Å². The zero-order valence-corrected chi connectivity index (χ0v) is 16.6. The maximum absolute atomic E-state index is 10.9. The Morgan fingerprint density at radius 2 is 1.89 bits per heavy atom. The Bertz CT molecular complexity index is 1020. The first-order valence-corrected chi connectivity index (χ1v) is 9.44. The fourth-order valence-corrected chi connectivity index (χ4v) is 4.20. The fraction of sp³-hybridized carbons (Fsp3) is 0.368. The van der Waals surface area contributed by atoms with E-state index in [0.717, 1.165) is 11.1 Å². The third-order valence-corrected chi connectivity index (χ3v) is 5.66. The van der Waals surface area contributed by atoms with E-state index >= 15 is 0 Å². The summed E-state index contributed by atoms with van der Waals surface area (Å²) in [5, 5.41) is 34.1. The molecule has 3 aromatic rings. The minimum Gasteiger partial charge on any atom is -0.386 e. The van der Waals surface area contributed by atoms with Crippen LogP contribution < -0.4 is 0 Å². The van der Waals surface area contributed by atoms with Gasteiger partial charge in [0.1, 0.15) is 35.9 Å². The lowest BCUT2D eigenvalue weighted by Crippen LogP contribution is -2.47. The van der Waals surface area contributed by atoms with Gasteiger partial charge in [-0.05, 0) is 43.7 Å². The molecule has 3 N–H and O–H groups in total. The Hall–Kier alpha value is -1.74. The molecule has 9 heteroatoms. The fourth-order valence-electron chi connectivity index (χ4n) is 3.65. The number of aliphatic hydroxyl groups excluding tert-OH is 2. The number of hydrogen-bond donors (Lipinski definition) is 3. The highest BCUT2D eigenvalue weighted by Gasteiger charge is 2.55. The third-order valence-electron chi connectivity index (χ3n) is 5.23. The molecule has 0 saturated carbocycles. The minimum atomic E-state index is -1.74. The van der Waals surface area contributed by atoms with Crippen LogP contribution in [0, 0.1) is 6.92 Å². The monoisotopic (exact) mass is 423 g/mol. The van der Waals surface area contributed by atoms with E-state index < -0.39 is 30.1 Å². The molecule has 0 spiro atoms. The van der Waals surface area contributed by atoms with Gasteiger partial charge in [-0.1, -0.05) is 23.2 Å². The number of halogens is 2. The number of benzene rings is 1. The SMILES string of the molecule is Cc1ncnc2c1ccn2[C@@H]1O[C@H]([C@H](O)c2cc(Cl)cc(Cl)c2)[C@@](C)(O)[C@H]1O. The van der Waals surface area contributed by atoms with Crippen molar-refractivity contribution < 1.29 is 20.1 Å². The van der Waals surface area contributed by atoms with Crippen molar-refractivity contribution in [2.45, 2.75) is 44.0 Å². The predicted octanol–water partition coefficient (Wildman–Crippen LogP) is 2.79. The molecule has 1 saturated heterocycles. The summed E-state index contributed by atoms with van der Waals surface area (Å²) in [6.07, 6.45) is -1.51. The Morgan fingerprint density at radius 3 is 2.57 bits per heavy atom. The van der Waals surface area contributed by atoms with Crippen LogP contribution in [-0.4, -0.2) is 47.7 Å². The smallest absolute Gasteiger partial charge is 0.164 e. The van der Waals surface area contributed by atoms with Gasteiger partial charge in [0, 0.05) is 21.6 Å². The number of aromatic nitrogens is 3. The summed E-state index contributed by atoms with van der Waals surface area (Å²) in [5.41, 5.74) is -0.00929. The first-order valence-electron chi connectivity index (χ1n) is 8.68. The van der Waals surface area contributed by atoms with Gasteiger partial charge in [-0.3, -0.25) is 0 Å². The normalized spacial score (nSPS) is 28.8. The van der Waals surface area contributed by atoms with Crippen molar-refractivity contribution in [1.82, 2.24) is 14.5 Å². The van der Waals surface area contributed by atoms with E-state index in [1.54, 1.807) is 29.0 Å². The summed E-state index contributed by atoms with van der Waals surface area (Å²) < 4.78 is 7.57. The molecule has 1 aromatic carbocycles. The van der Waals surface area contributed by atoms with Crippen LogP contribution in [0.4, 0.5) is 0 Å². The molecule has 0 radical (unpaired) electrons. The summed E-state index contributed by atoms with van der Waals surface area (Å²) in [5.74, 6) is 0. The largest absolute Gasteiger partial charge is 0.386 e. The van der Waals surface area contributed by atoms with Crippen molar-refractivity contribution >= 4 is 34.2 Å². The first-order chi connectivity index (χ1) is 13.2. The molecule has 4 rings (SSSR count). The second-order valence-corrected chi connectivity index (χ2v) is 8.06. The van der Waals surface area contributed by atoms with Crippen molar-refractivity contribution in [3.05, 3.63) is 58.1 Å². The highest BCUT2D eigenvalue weighted by molar-refractivity contribution is 6.34. The highest BCUT2D eigenvalue weighted by Crippen LogP contribution is 2.44. The maximum Gasteiger partial charge on any atom is 0.164 e. The Balaban J connectivity index is 1.72. The lowest BCUT2D eigenvalue weighted by molar-refractivity contribution is -0.115. The van der Waals surface area contributed by atoms with Crippen LogP contribution in [0.2, 0.25) is 10.0 Å². The van der Waals surface area contributed by atoms with E-state index in [0.29, 0.717) is 21.3 Å². The van der Waals surface area contributed by atoms with Gasteiger partial charge in [0.2, 0.25) is 0 Å². The lowest BCUT2D eigenvalue weighted by Gasteiger charge is -2.29. The zero-order chi connectivity index (χ0) is 20.2. The second-order valence-electron chi connectivity index (χ2n) is 7.18. The predicted molar refractivity (Wildman–Crippen MR) is 104 cm³/mol. The Kier molecular flexibility index (Phi) is 4.86. The number of ether oxygens (including phenoxy) is 1. The second kappa shape index (κ2) is 6.95. The van der Waals surface area contributed by atoms with Crippen LogP contribution >= 0.6 is 23.2 Å². The average molecular weight is 424 g/mol. The molecule has 5 atom stereocenters. The van der Waals surface area contributed by atoms with Gasteiger partial charge in [-0.25, -0.2) is 9.97 Å². The highest BCUT2D eigenvalue weighted by atomic mass is 35.5. The van der Waals surface area contributed by atoms with Gasteiger partial charge in [-0.15, -0.1) is 0 Å². The summed E-state index contributed by atoms with van der Waals surface area (Å²) in [4.78, 5) is 8.41. The van der Waals surface area contributed by atoms with E-state index in [1.165, 1.54) is 13.3 Å². The number of rotatable bonds is 3. The average Bonchev–Trinajstić information content (AvgIpc) is 3.14. The minimum absolute atomic E-state index is 0.347. The summed E-state index contributed by atoms with van der Waals surface area (Å²) in [6, 6.07) is 6.44. The van der Waals surface area contributed by atoms with E-state index in [2.05, 4.69) is 9.97 Å². The molecule has 148 valence electrons. The number of fused-ring (bicyclic) bond motifs is 1. The molecule has 0 aliphatic carbocycles. The molecule has 0 amide bonds. The number of aryl methyl sites for hydroxylation is 1. The molecule has 28 heavy (non-hydrogen) atoms. The zero-order valence-electron chi connectivity index (χ0n) is 15.1. The van der Waals surface area contributed by atoms with Crippen LogP contribution in [-0.2, 0) is 4.74 Å². The number of aliphatic hydroxyl groups is 3. The van der Waals surface area contributed by atoms with Gasteiger partial charge < -0.3 is 24.6 Å². The van der Waals surface area contributed by atoms with E-state index in [4.69, 9.17) is 27.9 Å². The van der Waals surface area contributed by atoms with Crippen molar-refractivity contribution in [3.63, 3.8) is 0 Å². The molecular formula is C19H19Cl2N3O4. The molecule has 7 nitrogen and oxygen atoms in total. The molecule has 3 heterocycles. The molecule has 1 fully saturated rings. The number of nitrogens with zero attached hydrogens (tertiary/aromatic N) is 3. The van der Waals surface area contributed by atoms with Gasteiger partial charge in [0.25, 0.3) is 0 Å². The van der Waals surface area contributed by atoms with Gasteiger partial charge >= 0.3 is 0 Å². The summed E-state index contributed by atoms with van der Waals surface area (Å²) in [6.45, 7) is 3.27. The molecule has 1 aliphatic heterocycles. The van der Waals surface area contributed by atoms with Crippen molar-refractivity contribution in [3.8, 4) is 0 Å². The third kappa shape index (κ3) is 3.08. The Labute approximate surface area is 171 Å². The molecule has 0 unspecified atom stereocenters. The lowest BCUT2D eigenvalue weighted by atomic mass is 9.88. The number of hydrogen-bond acceptors (Lipinski definition) is 6. The molecular weight excluding hydrogens is 405 g/mol. The van der Waals surface area contributed by atoms with E-state index in [9.17, 15) is 15.3 Å². The standard InChI is InChI=1S/C19H19Cl2N3O4/c1-9-13-3-4-24(17(13)23-8-22-9)18-15(26)19(2,27)16(28-18)14(25)10-5-11(20)7-12(21)6-10/h3-8,14-16,18,25-27H,1-2H3/t14-,15+,16-,18-,19+/m1/s1. The van der Waals surface area contributed by atoms with E-state index in [-0.39, 0.29) is 0 Å². The van der Waals surface area contributed by atoms with Gasteiger partial charge in [0.15, 0.2) is 6.23 Å².